The highest BCUT2D eigenvalue weighted by atomic mass is 35.5. The first-order valence-corrected chi connectivity index (χ1v) is 8.15. The SMILES string of the molecule is CCC(C)CCCCCC(C)C(C)C(=O)CCCl. The number of Topliss-reactive ketones (excluding diaryl/α,β-unsaturated/α-hetero) is 1. The summed E-state index contributed by atoms with van der Waals surface area (Å²) in [5, 5.41) is 0. The predicted octanol–water partition coefficient (Wildman–Crippen LogP) is 5.45. The summed E-state index contributed by atoms with van der Waals surface area (Å²) in [7, 11) is 0. The minimum atomic E-state index is 0.179. The molecular formula is C16H31ClO. The molecule has 1 nitrogen and oxygen atoms in total. The highest BCUT2D eigenvalue weighted by Gasteiger charge is 2.18. The monoisotopic (exact) mass is 274 g/mol. The normalized spacial score (nSPS) is 16.3. The van der Waals surface area contributed by atoms with Gasteiger partial charge in [0.15, 0.2) is 0 Å². The fourth-order valence-corrected chi connectivity index (χ4v) is 2.41. The molecule has 0 saturated carbocycles. The number of carbonyl (C=O) groups excluding carboxylic acids is 1. The summed E-state index contributed by atoms with van der Waals surface area (Å²) < 4.78 is 0. The molecule has 0 aliphatic carbocycles. The van der Waals surface area contributed by atoms with E-state index in [9.17, 15) is 4.79 Å². The lowest BCUT2D eigenvalue weighted by molar-refractivity contribution is -0.123. The molecule has 0 aliphatic rings. The van der Waals surface area contributed by atoms with E-state index < -0.39 is 0 Å². The van der Waals surface area contributed by atoms with Crippen LogP contribution in [0.3, 0.4) is 0 Å². The Morgan fingerprint density at radius 2 is 1.67 bits per heavy atom. The van der Waals surface area contributed by atoms with Gasteiger partial charge in [-0.25, -0.2) is 0 Å². The third-order valence-corrected chi connectivity index (χ3v) is 4.44. The Labute approximate surface area is 119 Å². The molecule has 0 heterocycles. The van der Waals surface area contributed by atoms with Crippen molar-refractivity contribution in [3.8, 4) is 0 Å². The Hall–Kier alpha value is -0.0400. The van der Waals surface area contributed by atoms with Gasteiger partial charge in [0.05, 0.1) is 0 Å². The minimum Gasteiger partial charge on any atom is -0.299 e. The Kier molecular flexibility index (Phi) is 10.8. The molecular weight excluding hydrogens is 244 g/mol. The number of unbranched alkanes of at least 4 members (excludes halogenated alkanes) is 2. The van der Waals surface area contributed by atoms with Gasteiger partial charge in [0.1, 0.15) is 5.78 Å². The van der Waals surface area contributed by atoms with Gasteiger partial charge in [-0.1, -0.05) is 66.2 Å². The van der Waals surface area contributed by atoms with Crippen LogP contribution in [0.25, 0.3) is 0 Å². The summed E-state index contributed by atoms with van der Waals surface area (Å²) in [5.41, 5.74) is 0. The van der Waals surface area contributed by atoms with E-state index in [1.54, 1.807) is 0 Å². The molecule has 0 aliphatic heterocycles. The number of halogens is 1. The van der Waals surface area contributed by atoms with Gasteiger partial charge in [-0.15, -0.1) is 11.6 Å². The Morgan fingerprint density at radius 3 is 2.22 bits per heavy atom. The average molecular weight is 275 g/mol. The maximum Gasteiger partial charge on any atom is 0.137 e. The van der Waals surface area contributed by atoms with Gasteiger partial charge in [-0.05, 0) is 11.8 Å². The quantitative estimate of drug-likeness (QED) is 0.361. The van der Waals surface area contributed by atoms with Gasteiger partial charge in [0, 0.05) is 18.2 Å². The van der Waals surface area contributed by atoms with Crippen molar-refractivity contribution in [2.24, 2.45) is 17.8 Å². The topological polar surface area (TPSA) is 17.1 Å². The first-order valence-electron chi connectivity index (χ1n) is 7.61. The van der Waals surface area contributed by atoms with Crippen molar-refractivity contribution < 1.29 is 4.79 Å². The van der Waals surface area contributed by atoms with Crippen molar-refractivity contribution in [2.45, 2.75) is 72.6 Å². The molecule has 0 radical (unpaired) electrons. The van der Waals surface area contributed by atoms with Crippen molar-refractivity contribution >= 4 is 17.4 Å². The highest BCUT2D eigenvalue weighted by molar-refractivity contribution is 6.19. The molecule has 18 heavy (non-hydrogen) atoms. The first-order chi connectivity index (χ1) is 8.52. The molecule has 0 N–H and O–H groups in total. The van der Waals surface area contributed by atoms with Crippen LogP contribution in [-0.4, -0.2) is 11.7 Å². The second kappa shape index (κ2) is 10.8. The van der Waals surface area contributed by atoms with Gasteiger partial charge in [0.25, 0.3) is 0 Å². The second-order valence-electron chi connectivity index (χ2n) is 5.82. The zero-order chi connectivity index (χ0) is 14.0. The van der Waals surface area contributed by atoms with Crippen LogP contribution in [0.15, 0.2) is 0 Å². The zero-order valence-electron chi connectivity index (χ0n) is 12.7. The van der Waals surface area contributed by atoms with Crippen molar-refractivity contribution in [2.75, 3.05) is 5.88 Å². The van der Waals surface area contributed by atoms with E-state index in [0.29, 0.717) is 24.0 Å². The van der Waals surface area contributed by atoms with E-state index in [0.717, 1.165) is 5.92 Å². The second-order valence-corrected chi connectivity index (χ2v) is 6.20. The molecule has 0 amide bonds. The largest absolute Gasteiger partial charge is 0.299 e. The Bertz CT molecular complexity index is 215. The molecule has 0 rings (SSSR count). The van der Waals surface area contributed by atoms with Crippen LogP contribution in [0.2, 0.25) is 0 Å². The van der Waals surface area contributed by atoms with E-state index >= 15 is 0 Å². The van der Waals surface area contributed by atoms with Crippen molar-refractivity contribution in [1.82, 2.24) is 0 Å². The molecule has 0 aromatic carbocycles. The lowest BCUT2D eigenvalue weighted by atomic mass is 9.86. The van der Waals surface area contributed by atoms with E-state index in [4.69, 9.17) is 11.6 Å². The summed E-state index contributed by atoms with van der Waals surface area (Å²) in [6.45, 7) is 8.84. The maximum atomic E-state index is 11.7. The molecule has 3 unspecified atom stereocenters. The summed E-state index contributed by atoms with van der Waals surface area (Å²) in [5.74, 6) is 2.34. The molecule has 0 spiro atoms. The van der Waals surface area contributed by atoms with Gasteiger partial charge in [-0.3, -0.25) is 4.79 Å². The van der Waals surface area contributed by atoms with Gasteiger partial charge in [-0.2, -0.15) is 0 Å². The molecule has 108 valence electrons. The van der Waals surface area contributed by atoms with Crippen LogP contribution in [-0.2, 0) is 4.79 Å². The lowest BCUT2D eigenvalue weighted by Gasteiger charge is -2.18. The first kappa shape index (κ1) is 18.0. The van der Waals surface area contributed by atoms with E-state index in [1.165, 1.54) is 38.5 Å². The zero-order valence-corrected chi connectivity index (χ0v) is 13.4. The van der Waals surface area contributed by atoms with Crippen LogP contribution in [0, 0.1) is 17.8 Å². The Balaban J connectivity index is 3.63. The smallest absolute Gasteiger partial charge is 0.137 e. The number of hydrogen-bond acceptors (Lipinski definition) is 1. The van der Waals surface area contributed by atoms with E-state index in [2.05, 4.69) is 27.7 Å². The molecule has 0 fully saturated rings. The van der Waals surface area contributed by atoms with Gasteiger partial charge < -0.3 is 0 Å². The van der Waals surface area contributed by atoms with E-state index in [-0.39, 0.29) is 5.92 Å². The summed E-state index contributed by atoms with van der Waals surface area (Å²) in [6, 6.07) is 0. The fourth-order valence-electron chi connectivity index (χ4n) is 2.23. The van der Waals surface area contributed by atoms with Crippen LogP contribution in [0.5, 0.6) is 0 Å². The molecule has 0 aromatic rings. The van der Waals surface area contributed by atoms with Crippen LogP contribution in [0.1, 0.15) is 72.6 Å². The number of rotatable bonds is 11. The van der Waals surface area contributed by atoms with E-state index in [1.807, 2.05) is 0 Å². The van der Waals surface area contributed by atoms with Crippen LogP contribution < -0.4 is 0 Å². The molecule has 0 saturated heterocycles. The third-order valence-electron chi connectivity index (χ3n) is 4.26. The van der Waals surface area contributed by atoms with Crippen molar-refractivity contribution in [1.29, 1.82) is 0 Å². The predicted molar refractivity (Wildman–Crippen MR) is 81.2 cm³/mol. The molecule has 0 bridgehead atoms. The van der Waals surface area contributed by atoms with Crippen LogP contribution >= 0.6 is 11.6 Å². The standard InChI is InChI=1S/C16H31ClO/c1-5-13(2)9-7-6-8-10-14(3)15(4)16(18)11-12-17/h13-15H,5-12H2,1-4H3. The van der Waals surface area contributed by atoms with Crippen molar-refractivity contribution in [3.05, 3.63) is 0 Å². The highest BCUT2D eigenvalue weighted by Crippen LogP contribution is 2.21. The summed E-state index contributed by atoms with van der Waals surface area (Å²) in [4.78, 5) is 11.7. The van der Waals surface area contributed by atoms with Gasteiger partial charge in [0.2, 0.25) is 0 Å². The summed E-state index contributed by atoms with van der Waals surface area (Å²) >= 11 is 5.61. The fraction of sp³-hybridized carbons (Fsp3) is 0.938. The number of carbonyl (C=O) groups is 1. The van der Waals surface area contributed by atoms with Crippen molar-refractivity contribution in [3.63, 3.8) is 0 Å². The van der Waals surface area contributed by atoms with Gasteiger partial charge >= 0.3 is 0 Å². The number of ketones is 1. The molecule has 0 aromatic heterocycles. The average Bonchev–Trinajstić information content (AvgIpc) is 2.37. The maximum absolute atomic E-state index is 11.7. The summed E-state index contributed by atoms with van der Waals surface area (Å²) in [6.07, 6.45) is 8.26. The molecule has 3 atom stereocenters. The third kappa shape index (κ3) is 8.13. The lowest BCUT2D eigenvalue weighted by Crippen LogP contribution is -2.19. The minimum absolute atomic E-state index is 0.179. The number of alkyl halides is 1. The Morgan fingerprint density at radius 1 is 1.06 bits per heavy atom. The van der Waals surface area contributed by atoms with Crippen LogP contribution in [0.4, 0.5) is 0 Å². The molecule has 2 heteroatoms. The number of hydrogen-bond donors (Lipinski definition) is 0.